The van der Waals surface area contributed by atoms with Gasteiger partial charge in [0.25, 0.3) is 5.91 Å². The first-order valence-electron chi connectivity index (χ1n) is 7.60. The van der Waals surface area contributed by atoms with E-state index in [2.05, 4.69) is 29.6 Å². The first-order valence-corrected chi connectivity index (χ1v) is 7.60. The van der Waals surface area contributed by atoms with E-state index in [1.54, 1.807) is 6.07 Å². The molecule has 0 aliphatic heterocycles. The molecule has 3 nitrogen and oxygen atoms in total. The maximum Gasteiger partial charge on any atom is 0.287 e. The second-order valence-electron chi connectivity index (χ2n) is 5.95. The molecule has 1 saturated carbocycles. The summed E-state index contributed by atoms with van der Waals surface area (Å²) in [6.45, 7) is 2.52. The Hall–Kier alpha value is -2.03. The lowest BCUT2D eigenvalue weighted by Gasteiger charge is -2.29. The quantitative estimate of drug-likeness (QED) is 0.926. The molecular weight excluding hydrogens is 262 g/mol. The van der Waals surface area contributed by atoms with Crippen LogP contribution in [0.2, 0.25) is 0 Å². The molecule has 1 aliphatic carbocycles. The third-order valence-electron chi connectivity index (χ3n) is 4.50. The number of nitrogens with one attached hydrogen (secondary N) is 1. The first-order chi connectivity index (χ1) is 10.2. The summed E-state index contributed by atoms with van der Waals surface area (Å²) in [6, 6.07) is 14.1. The van der Waals surface area contributed by atoms with Gasteiger partial charge in [-0.3, -0.25) is 4.79 Å². The molecule has 0 atom stereocenters. The number of aryl methyl sites for hydroxylation is 1. The molecule has 1 aromatic carbocycles. The minimum Gasteiger partial charge on any atom is -0.456 e. The molecule has 110 valence electrons. The van der Waals surface area contributed by atoms with E-state index in [0.717, 1.165) is 18.6 Å². The van der Waals surface area contributed by atoms with Crippen LogP contribution < -0.4 is 5.32 Å². The second kappa shape index (κ2) is 5.76. The van der Waals surface area contributed by atoms with Gasteiger partial charge in [0.2, 0.25) is 0 Å². The SMILES string of the molecule is Cc1ccc(C(=O)NCC2(c3ccccc3)CCCC2)o1. The van der Waals surface area contributed by atoms with Crippen LogP contribution in [0.4, 0.5) is 0 Å². The van der Waals surface area contributed by atoms with Crippen molar-refractivity contribution >= 4 is 5.91 Å². The highest BCUT2D eigenvalue weighted by atomic mass is 16.3. The van der Waals surface area contributed by atoms with E-state index in [0.29, 0.717) is 12.3 Å². The Morgan fingerprint density at radius 3 is 2.48 bits per heavy atom. The molecule has 0 spiro atoms. The molecule has 1 N–H and O–H groups in total. The van der Waals surface area contributed by atoms with Crippen LogP contribution in [0.1, 0.15) is 47.6 Å². The highest BCUT2D eigenvalue weighted by Gasteiger charge is 2.35. The highest BCUT2D eigenvalue weighted by Crippen LogP contribution is 2.40. The van der Waals surface area contributed by atoms with Gasteiger partial charge in [-0.2, -0.15) is 0 Å². The minimum atomic E-state index is -0.120. The second-order valence-corrected chi connectivity index (χ2v) is 5.95. The van der Waals surface area contributed by atoms with Crippen LogP contribution in [-0.4, -0.2) is 12.5 Å². The Labute approximate surface area is 125 Å². The molecule has 0 bridgehead atoms. The Morgan fingerprint density at radius 2 is 1.86 bits per heavy atom. The predicted octanol–water partition coefficient (Wildman–Crippen LogP) is 3.83. The minimum absolute atomic E-state index is 0.0819. The number of benzene rings is 1. The molecule has 0 radical (unpaired) electrons. The molecule has 1 fully saturated rings. The molecular formula is C18H21NO2. The van der Waals surface area contributed by atoms with Crippen LogP contribution in [0.15, 0.2) is 46.9 Å². The summed E-state index contributed by atoms with van der Waals surface area (Å²) in [6.07, 6.45) is 4.72. The molecule has 0 saturated heterocycles. The van der Waals surface area contributed by atoms with Crippen LogP contribution >= 0.6 is 0 Å². The average molecular weight is 283 g/mol. The summed E-state index contributed by atoms with van der Waals surface area (Å²) < 4.78 is 5.39. The zero-order valence-electron chi connectivity index (χ0n) is 12.4. The van der Waals surface area contributed by atoms with Gasteiger partial charge in [0.15, 0.2) is 5.76 Å². The molecule has 3 rings (SSSR count). The van der Waals surface area contributed by atoms with Crippen molar-refractivity contribution in [2.24, 2.45) is 0 Å². The fourth-order valence-electron chi connectivity index (χ4n) is 3.30. The van der Waals surface area contributed by atoms with E-state index in [9.17, 15) is 4.79 Å². The Balaban J connectivity index is 1.73. The first kappa shape index (κ1) is 13.9. The smallest absolute Gasteiger partial charge is 0.287 e. The molecule has 0 unspecified atom stereocenters. The van der Waals surface area contributed by atoms with E-state index < -0.39 is 0 Å². The molecule has 1 aliphatic rings. The summed E-state index contributed by atoms with van der Waals surface area (Å²) in [5.74, 6) is 1.04. The van der Waals surface area contributed by atoms with Crippen LogP contribution in [0.3, 0.4) is 0 Å². The molecule has 1 heterocycles. The van der Waals surface area contributed by atoms with Gasteiger partial charge in [0, 0.05) is 12.0 Å². The lowest BCUT2D eigenvalue weighted by molar-refractivity contribution is 0.0914. The van der Waals surface area contributed by atoms with Gasteiger partial charge in [-0.05, 0) is 37.5 Å². The van der Waals surface area contributed by atoms with Crippen LogP contribution in [0.25, 0.3) is 0 Å². The maximum atomic E-state index is 12.2. The van der Waals surface area contributed by atoms with Crippen molar-refractivity contribution in [3.05, 3.63) is 59.5 Å². The molecule has 1 aromatic heterocycles. The Bertz CT molecular complexity index is 609. The molecule has 2 aromatic rings. The number of rotatable bonds is 4. The van der Waals surface area contributed by atoms with Crippen LogP contribution in [0.5, 0.6) is 0 Å². The normalized spacial score (nSPS) is 16.8. The fraction of sp³-hybridized carbons (Fsp3) is 0.389. The van der Waals surface area contributed by atoms with Gasteiger partial charge in [0.05, 0.1) is 0 Å². The van der Waals surface area contributed by atoms with Gasteiger partial charge in [-0.1, -0.05) is 43.2 Å². The topological polar surface area (TPSA) is 42.2 Å². The summed E-state index contributed by atoms with van der Waals surface area (Å²) in [5.41, 5.74) is 1.41. The third-order valence-corrected chi connectivity index (χ3v) is 4.50. The van der Waals surface area contributed by atoms with Crippen LogP contribution in [-0.2, 0) is 5.41 Å². The van der Waals surface area contributed by atoms with Crippen molar-refractivity contribution < 1.29 is 9.21 Å². The van der Waals surface area contributed by atoms with Crippen molar-refractivity contribution in [3.8, 4) is 0 Å². The van der Waals surface area contributed by atoms with Gasteiger partial charge < -0.3 is 9.73 Å². The maximum absolute atomic E-state index is 12.2. The van der Waals surface area contributed by atoms with Crippen molar-refractivity contribution in [3.63, 3.8) is 0 Å². The number of hydrogen-bond donors (Lipinski definition) is 1. The standard InChI is InChI=1S/C18H21NO2/c1-14-9-10-16(21-14)17(20)19-13-18(11-5-6-12-18)15-7-3-2-4-8-15/h2-4,7-10H,5-6,11-13H2,1H3,(H,19,20). The van der Waals surface area contributed by atoms with E-state index in [1.165, 1.54) is 18.4 Å². The number of amides is 1. The number of carbonyl (C=O) groups is 1. The fourth-order valence-corrected chi connectivity index (χ4v) is 3.30. The van der Waals surface area contributed by atoms with Gasteiger partial charge in [0.1, 0.15) is 5.76 Å². The van der Waals surface area contributed by atoms with Crippen molar-refractivity contribution in [2.45, 2.75) is 38.0 Å². The predicted molar refractivity (Wildman–Crippen MR) is 82.4 cm³/mol. The third kappa shape index (κ3) is 2.87. The number of carbonyl (C=O) groups excluding carboxylic acids is 1. The van der Waals surface area contributed by atoms with Crippen LogP contribution in [0, 0.1) is 6.92 Å². The summed E-state index contributed by atoms with van der Waals surface area (Å²) in [5, 5.41) is 3.06. The largest absolute Gasteiger partial charge is 0.456 e. The lowest BCUT2D eigenvalue weighted by Crippen LogP contribution is -2.38. The van der Waals surface area contributed by atoms with E-state index in [1.807, 2.05) is 19.1 Å². The summed E-state index contributed by atoms with van der Waals surface area (Å²) in [4.78, 5) is 12.2. The summed E-state index contributed by atoms with van der Waals surface area (Å²) in [7, 11) is 0. The van der Waals surface area contributed by atoms with Gasteiger partial charge >= 0.3 is 0 Å². The van der Waals surface area contributed by atoms with E-state index in [-0.39, 0.29) is 11.3 Å². The van der Waals surface area contributed by atoms with Crippen molar-refractivity contribution in [1.82, 2.24) is 5.32 Å². The van der Waals surface area contributed by atoms with Crippen molar-refractivity contribution in [2.75, 3.05) is 6.54 Å². The zero-order valence-corrected chi connectivity index (χ0v) is 12.4. The molecule has 21 heavy (non-hydrogen) atoms. The number of furan rings is 1. The van der Waals surface area contributed by atoms with E-state index in [4.69, 9.17) is 4.42 Å². The highest BCUT2D eigenvalue weighted by molar-refractivity contribution is 5.91. The average Bonchev–Trinajstić information content (AvgIpc) is 3.16. The Morgan fingerprint density at radius 1 is 1.14 bits per heavy atom. The monoisotopic (exact) mass is 283 g/mol. The zero-order chi connectivity index (χ0) is 14.7. The van der Waals surface area contributed by atoms with Gasteiger partial charge in [-0.25, -0.2) is 0 Å². The van der Waals surface area contributed by atoms with Crippen molar-refractivity contribution in [1.29, 1.82) is 0 Å². The van der Waals surface area contributed by atoms with Gasteiger partial charge in [-0.15, -0.1) is 0 Å². The molecule has 1 amide bonds. The lowest BCUT2D eigenvalue weighted by atomic mass is 9.79. The number of hydrogen-bond acceptors (Lipinski definition) is 2. The summed E-state index contributed by atoms with van der Waals surface area (Å²) >= 11 is 0. The Kier molecular flexibility index (Phi) is 3.82. The molecule has 3 heteroatoms. The van der Waals surface area contributed by atoms with E-state index >= 15 is 0 Å².